The summed E-state index contributed by atoms with van der Waals surface area (Å²) in [5.41, 5.74) is 1.68. The van der Waals surface area contributed by atoms with Crippen molar-refractivity contribution in [2.75, 3.05) is 13.2 Å². The molecule has 0 saturated heterocycles. The van der Waals surface area contributed by atoms with E-state index in [1.54, 1.807) is 0 Å². The SMILES string of the molecule is C#CCOc1ccc(C2C3=C(CC(C)(C)CC3=O)OC3=C2C(=O)CC(C)(C)C3)cc1OCC. The highest BCUT2D eigenvalue weighted by Gasteiger charge is 2.47. The minimum atomic E-state index is -0.461. The Bertz CT molecular complexity index is 1060. The van der Waals surface area contributed by atoms with E-state index in [1.165, 1.54) is 0 Å². The number of rotatable bonds is 5. The van der Waals surface area contributed by atoms with Crippen molar-refractivity contribution < 1.29 is 23.8 Å². The van der Waals surface area contributed by atoms with Gasteiger partial charge in [-0.2, -0.15) is 0 Å². The minimum absolute atomic E-state index is 0.0426. The molecule has 33 heavy (non-hydrogen) atoms. The van der Waals surface area contributed by atoms with Crippen LogP contribution in [0.5, 0.6) is 11.5 Å². The first kappa shape index (κ1) is 23.2. The zero-order valence-electron chi connectivity index (χ0n) is 20.2. The number of carbonyl (C=O) groups is 2. The molecule has 0 fully saturated rings. The molecule has 0 amide bonds. The van der Waals surface area contributed by atoms with E-state index in [9.17, 15) is 9.59 Å². The highest BCUT2D eigenvalue weighted by Crippen LogP contribution is 2.53. The van der Waals surface area contributed by atoms with Gasteiger partial charge in [0.15, 0.2) is 23.1 Å². The fourth-order valence-corrected chi connectivity index (χ4v) is 5.22. The van der Waals surface area contributed by atoms with Gasteiger partial charge in [0.1, 0.15) is 18.1 Å². The average Bonchev–Trinajstić information content (AvgIpc) is 2.69. The van der Waals surface area contributed by atoms with Crippen LogP contribution < -0.4 is 9.47 Å². The van der Waals surface area contributed by atoms with E-state index in [2.05, 4.69) is 33.6 Å². The Kier molecular flexibility index (Phi) is 5.90. The second kappa shape index (κ2) is 8.41. The number of terminal acetylenes is 1. The van der Waals surface area contributed by atoms with Gasteiger partial charge in [-0.1, -0.05) is 39.7 Å². The van der Waals surface area contributed by atoms with E-state index in [0.717, 1.165) is 5.56 Å². The summed E-state index contributed by atoms with van der Waals surface area (Å²) in [6.45, 7) is 10.8. The van der Waals surface area contributed by atoms with Gasteiger partial charge in [0.25, 0.3) is 0 Å². The molecule has 1 aromatic rings. The molecule has 3 aliphatic rings. The lowest BCUT2D eigenvalue weighted by molar-refractivity contribution is -0.120. The quantitative estimate of drug-likeness (QED) is 0.557. The summed E-state index contributed by atoms with van der Waals surface area (Å²) < 4.78 is 17.8. The molecular formula is C28H32O5. The average molecular weight is 449 g/mol. The van der Waals surface area contributed by atoms with Crippen molar-refractivity contribution in [1.29, 1.82) is 0 Å². The number of ether oxygens (including phenoxy) is 3. The lowest BCUT2D eigenvalue weighted by Gasteiger charge is -2.42. The van der Waals surface area contributed by atoms with Gasteiger partial charge in [-0.3, -0.25) is 9.59 Å². The van der Waals surface area contributed by atoms with E-state index >= 15 is 0 Å². The Balaban J connectivity index is 1.88. The van der Waals surface area contributed by atoms with Gasteiger partial charge >= 0.3 is 0 Å². The van der Waals surface area contributed by atoms with Crippen molar-refractivity contribution in [3.63, 3.8) is 0 Å². The van der Waals surface area contributed by atoms with Crippen LogP contribution in [0.25, 0.3) is 0 Å². The Morgan fingerprint density at radius 3 is 2.03 bits per heavy atom. The predicted molar refractivity (Wildman–Crippen MR) is 126 cm³/mol. The van der Waals surface area contributed by atoms with E-state index in [1.807, 2.05) is 25.1 Å². The first-order valence-electron chi connectivity index (χ1n) is 11.6. The van der Waals surface area contributed by atoms with Crippen molar-refractivity contribution in [3.8, 4) is 23.8 Å². The van der Waals surface area contributed by atoms with E-state index in [4.69, 9.17) is 20.6 Å². The molecule has 1 heterocycles. The second-order valence-corrected chi connectivity index (χ2v) is 10.7. The lowest BCUT2D eigenvalue weighted by atomic mass is 9.65. The highest BCUT2D eigenvalue weighted by atomic mass is 16.5. The van der Waals surface area contributed by atoms with Crippen LogP contribution in [0.3, 0.4) is 0 Å². The zero-order valence-corrected chi connectivity index (χ0v) is 20.2. The van der Waals surface area contributed by atoms with E-state index in [0.29, 0.717) is 66.5 Å². The molecule has 0 N–H and O–H groups in total. The maximum absolute atomic E-state index is 13.4. The lowest BCUT2D eigenvalue weighted by Crippen LogP contribution is -2.37. The molecule has 5 nitrogen and oxygen atoms in total. The molecule has 0 bridgehead atoms. The molecule has 0 aromatic heterocycles. The van der Waals surface area contributed by atoms with Crippen LogP contribution in [0.15, 0.2) is 40.9 Å². The first-order valence-corrected chi connectivity index (χ1v) is 11.6. The number of hydrogen-bond donors (Lipinski definition) is 0. The van der Waals surface area contributed by atoms with Crippen molar-refractivity contribution in [3.05, 3.63) is 46.4 Å². The van der Waals surface area contributed by atoms with Gasteiger partial charge in [-0.05, 0) is 35.4 Å². The standard InChI is InChI=1S/C28H32O5/c1-7-11-32-20-10-9-17(12-21(20)31-8-2)24-25-18(29)13-27(3,4)15-22(25)33-23-16-28(5,6)14-19(30)26(23)24/h1,9-10,12,24H,8,11,13-16H2,2-6H3. The summed E-state index contributed by atoms with van der Waals surface area (Å²) in [4.78, 5) is 26.8. The summed E-state index contributed by atoms with van der Waals surface area (Å²) >= 11 is 0. The fraction of sp³-hybridized carbons (Fsp3) is 0.500. The second-order valence-electron chi connectivity index (χ2n) is 10.7. The fourth-order valence-electron chi connectivity index (χ4n) is 5.22. The molecule has 0 saturated carbocycles. The Labute approximate surface area is 196 Å². The zero-order chi connectivity index (χ0) is 24.0. The third-order valence-corrected chi connectivity index (χ3v) is 6.49. The third kappa shape index (κ3) is 4.44. The number of carbonyl (C=O) groups excluding carboxylic acids is 2. The Morgan fingerprint density at radius 2 is 1.52 bits per heavy atom. The number of hydrogen-bond acceptors (Lipinski definition) is 5. The summed E-state index contributed by atoms with van der Waals surface area (Å²) in [6.07, 6.45) is 7.53. The molecule has 0 spiro atoms. The molecule has 5 heteroatoms. The molecule has 1 aliphatic heterocycles. The van der Waals surface area contributed by atoms with Crippen LogP contribution in [0.4, 0.5) is 0 Å². The molecule has 4 rings (SSSR count). The molecule has 0 atom stereocenters. The van der Waals surface area contributed by atoms with Gasteiger partial charge in [0.05, 0.1) is 6.61 Å². The summed E-state index contributed by atoms with van der Waals surface area (Å²) in [5.74, 6) is 4.59. The van der Waals surface area contributed by atoms with Gasteiger partial charge in [0, 0.05) is 42.7 Å². The maximum Gasteiger partial charge on any atom is 0.163 e. The minimum Gasteiger partial charge on any atom is -0.490 e. The summed E-state index contributed by atoms with van der Waals surface area (Å²) in [5, 5.41) is 0. The molecule has 1 aromatic carbocycles. The van der Waals surface area contributed by atoms with Crippen LogP contribution in [0, 0.1) is 23.2 Å². The molecule has 0 radical (unpaired) electrons. The molecule has 2 aliphatic carbocycles. The smallest absolute Gasteiger partial charge is 0.163 e. The number of Topliss-reactive ketones (excluding diaryl/α,β-unsaturated/α-hetero) is 2. The summed E-state index contributed by atoms with van der Waals surface area (Å²) in [7, 11) is 0. The number of benzene rings is 1. The van der Waals surface area contributed by atoms with Gasteiger partial charge in [-0.25, -0.2) is 0 Å². The van der Waals surface area contributed by atoms with Crippen LogP contribution in [-0.4, -0.2) is 24.8 Å². The van der Waals surface area contributed by atoms with Gasteiger partial charge in [-0.15, -0.1) is 6.42 Å². The van der Waals surface area contributed by atoms with Crippen LogP contribution in [0.1, 0.15) is 71.8 Å². The monoisotopic (exact) mass is 448 g/mol. The highest BCUT2D eigenvalue weighted by molar-refractivity contribution is 6.06. The normalized spacial score (nSPS) is 21.7. The van der Waals surface area contributed by atoms with Crippen LogP contribution >= 0.6 is 0 Å². The number of ketones is 2. The largest absolute Gasteiger partial charge is 0.490 e. The predicted octanol–water partition coefficient (Wildman–Crippen LogP) is 5.50. The van der Waals surface area contributed by atoms with Crippen molar-refractivity contribution in [1.82, 2.24) is 0 Å². The molecule has 0 unspecified atom stereocenters. The van der Waals surface area contributed by atoms with Crippen molar-refractivity contribution >= 4 is 11.6 Å². The van der Waals surface area contributed by atoms with Crippen molar-refractivity contribution in [2.24, 2.45) is 10.8 Å². The molecule has 174 valence electrons. The first-order chi connectivity index (χ1) is 15.5. The van der Waals surface area contributed by atoms with Gasteiger partial charge < -0.3 is 14.2 Å². The summed E-state index contributed by atoms with van der Waals surface area (Å²) in [6, 6.07) is 5.59. The van der Waals surface area contributed by atoms with E-state index in [-0.39, 0.29) is 29.0 Å². The van der Waals surface area contributed by atoms with Crippen LogP contribution in [-0.2, 0) is 14.3 Å². The van der Waals surface area contributed by atoms with Gasteiger partial charge in [0.2, 0.25) is 0 Å². The number of allylic oxidation sites excluding steroid dienone is 4. The van der Waals surface area contributed by atoms with Crippen molar-refractivity contribution in [2.45, 2.75) is 66.2 Å². The molecular weight excluding hydrogens is 416 g/mol. The maximum atomic E-state index is 13.4. The van der Waals surface area contributed by atoms with E-state index < -0.39 is 5.92 Å². The third-order valence-electron chi connectivity index (χ3n) is 6.49. The van der Waals surface area contributed by atoms with Crippen LogP contribution in [0.2, 0.25) is 0 Å². The Hall–Kier alpha value is -3.00. The topological polar surface area (TPSA) is 61.8 Å². The Morgan fingerprint density at radius 1 is 0.939 bits per heavy atom.